The number of nitrogens with zero attached hydrogens (tertiary/aromatic N) is 1. The number of alkyl halides is 3. The fraction of sp³-hybridized carbons (Fsp3) is 1.00. The molecule has 0 bridgehead atoms. The first-order valence-corrected chi connectivity index (χ1v) is 7.10. The zero-order chi connectivity index (χ0) is 14.1. The van der Waals surface area contributed by atoms with Crippen LogP contribution in [0.15, 0.2) is 0 Å². The molecule has 1 aliphatic heterocycles. The maximum absolute atomic E-state index is 13.1. The Balaban J connectivity index is 2.06. The zero-order valence-corrected chi connectivity index (χ0v) is 11.1. The SMILES string of the molecule is NCCC(N1CCC2(O)CCCCC2C1)C(F)(F)F. The van der Waals surface area contributed by atoms with E-state index in [1.807, 2.05) is 0 Å². The van der Waals surface area contributed by atoms with Crippen molar-refractivity contribution in [3.63, 3.8) is 0 Å². The topological polar surface area (TPSA) is 49.5 Å². The van der Waals surface area contributed by atoms with Crippen LogP contribution in [0.5, 0.6) is 0 Å². The van der Waals surface area contributed by atoms with Crippen molar-refractivity contribution < 1.29 is 18.3 Å². The second-order valence-corrected chi connectivity index (χ2v) is 5.93. The van der Waals surface area contributed by atoms with Crippen LogP contribution in [0.25, 0.3) is 0 Å². The van der Waals surface area contributed by atoms with Gasteiger partial charge in [-0.3, -0.25) is 4.90 Å². The van der Waals surface area contributed by atoms with Gasteiger partial charge in [0.2, 0.25) is 0 Å². The minimum atomic E-state index is -4.23. The number of likely N-dealkylation sites (tertiary alicyclic amines) is 1. The van der Waals surface area contributed by atoms with Gasteiger partial charge in [-0.2, -0.15) is 13.2 Å². The van der Waals surface area contributed by atoms with Crippen molar-refractivity contribution in [1.82, 2.24) is 4.90 Å². The van der Waals surface area contributed by atoms with Crippen molar-refractivity contribution in [2.45, 2.75) is 56.3 Å². The number of nitrogens with two attached hydrogens (primary N) is 1. The second-order valence-electron chi connectivity index (χ2n) is 5.93. The van der Waals surface area contributed by atoms with Crippen LogP contribution in [0.2, 0.25) is 0 Å². The van der Waals surface area contributed by atoms with E-state index in [1.165, 1.54) is 4.90 Å². The number of halogens is 3. The van der Waals surface area contributed by atoms with E-state index in [0.717, 1.165) is 25.7 Å². The third kappa shape index (κ3) is 3.23. The Labute approximate surface area is 111 Å². The Morgan fingerprint density at radius 1 is 1.32 bits per heavy atom. The van der Waals surface area contributed by atoms with Crippen LogP contribution in [-0.4, -0.2) is 47.5 Å². The molecule has 0 spiro atoms. The van der Waals surface area contributed by atoms with Gasteiger partial charge in [0.1, 0.15) is 6.04 Å². The number of fused-ring (bicyclic) bond motifs is 1. The van der Waals surface area contributed by atoms with Crippen LogP contribution >= 0.6 is 0 Å². The van der Waals surface area contributed by atoms with Gasteiger partial charge in [0.05, 0.1) is 5.60 Å². The zero-order valence-electron chi connectivity index (χ0n) is 11.1. The maximum atomic E-state index is 13.1. The van der Waals surface area contributed by atoms with Gasteiger partial charge in [-0.05, 0) is 32.2 Å². The minimum absolute atomic E-state index is 0.0161. The summed E-state index contributed by atoms with van der Waals surface area (Å²) in [4.78, 5) is 1.48. The summed E-state index contributed by atoms with van der Waals surface area (Å²) >= 11 is 0. The minimum Gasteiger partial charge on any atom is -0.390 e. The number of hydrogen-bond donors (Lipinski definition) is 2. The molecule has 3 nitrogen and oxygen atoms in total. The van der Waals surface area contributed by atoms with Gasteiger partial charge < -0.3 is 10.8 Å². The average molecular weight is 280 g/mol. The molecular formula is C13H23F3N2O. The van der Waals surface area contributed by atoms with Gasteiger partial charge in [0.25, 0.3) is 0 Å². The monoisotopic (exact) mass is 280 g/mol. The van der Waals surface area contributed by atoms with Crippen LogP contribution in [0, 0.1) is 5.92 Å². The lowest BCUT2D eigenvalue weighted by atomic mass is 9.71. The summed E-state index contributed by atoms with van der Waals surface area (Å²) in [5.74, 6) is -0.0161. The van der Waals surface area contributed by atoms with Crippen LogP contribution in [0.4, 0.5) is 13.2 Å². The Kier molecular flexibility index (Phi) is 4.42. The summed E-state index contributed by atoms with van der Waals surface area (Å²) in [5.41, 5.74) is 4.59. The summed E-state index contributed by atoms with van der Waals surface area (Å²) in [6, 6.07) is -1.45. The highest BCUT2D eigenvalue weighted by molar-refractivity contribution is 4.97. The van der Waals surface area contributed by atoms with E-state index in [2.05, 4.69) is 0 Å². The van der Waals surface area contributed by atoms with E-state index in [1.54, 1.807) is 0 Å². The third-order valence-electron chi connectivity index (χ3n) is 4.72. The fourth-order valence-corrected chi connectivity index (χ4v) is 3.59. The molecule has 19 heavy (non-hydrogen) atoms. The van der Waals surface area contributed by atoms with Crippen molar-refractivity contribution in [3.8, 4) is 0 Å². The van der Waals surface area contributed by atoms with E-state index in [9.17, 15) is 18.3 Å². The van der Waals surface area contributed by atoms with Crippen LogP contribution < -0.4 is 5.73 Å². The second kappa shape index (κ2) is 5.58. The van der Waals surface area contributed by atoms with Crippen molar-refractivity contribution in [1.29, 1.82) is 0 Å². The predicted octanol–water partition coefficient (Wildman–Crippen LogP) is 1.89. The summed E-state index contributed by atoms with van der Waals surface area (Å²) in [7, 11) is 0. The molecule has 0 aromatic heterocycles. The first kappa shape index (κ1) is 15.1. The highest BCUT2D eigenvalue weighted by Gasteiger charge is 2.49. The van der Waals surface area contributed by atoms with Gasteiger partial charge in [0, 0.05) is 19.0 Å². The third-order valence-corrected chi connectivity index (χ3v) is 4.72. The highest BCUT2D eigenvalue weighted by Crippen LogP contribution is 2.41. The molecule has 0 aromatic rings. The van der Waals surface area contributed by atoms with Crippen molar-refractivity contribution in [2.75, 3.05) is 19.6 Å². The molecule has 2 aliphatic rings. The lowest BCUT2D eigenvalue weighted by molar-refractivity contribution is -0.202. The number of aliphatic hydroxyl groups is 1. The van der Waals surface area contributed by atoms with Gasteiger partial charge in [-0.15, -0.1) is 0 Å². The van der Waals surface area contributed by atoms with E-state index < -0.39 is 17.8 Å². The first-order valence-electron chi connectivity index (χ1n) is 7.10. The largest absolute Gasteiger partial charge is 0.404 e. The molecule has 1 aliphatic carbocycles. The fourth-order valence-electron chi connectivity index (χ4n) is 3.59. The Hall–Kier alpha value is -0.330. The summed E-state index contributed by atoms with van der Waals surface area (Å²) in [5, 5.41) is 10.5. The average Bonchev–Trinajstić information content (AvgIpc) is 2.34. The molecule has 1 heterocycles. The first-order chi connectivity index (χ1) is 8.87. The molecule has 0 amide bonds. The smallest absolute Gasteiger partial charge is 0.390 e. The number of hydrogen-bond acceptors (Lipinski definition) is 3. The standard InChI is InChI=1S/C13H23F3N2O/c14-13(15,16)11(4-7-17)18-8-6-12(19)5-2-1-3-10(12)9-18/h10-11,19H,1-9,17H2. The van der Waals surface area contributed by atoms with Crippen LogP contribution in [0.3, 0.4) is 0 Å². The lowest BCUT2D eigenvalue weighted by Crippen LogP contribution is -2.58. The van der Waals surface area contributed by atoms with Gasteiger partial charge in [0.15, 0.2) is 0 Å². The molecule has 2 fully saturated rings. The molecule has 3 unspecified atom stereocenters. The number of piperidine rings is 1. The highest BCUT2D eigenvalue weighted by atomic mass is 19.4. The molecule has 6 heteroatoms. The Bertz CT molecular complexity index is 311. The van der Waals surface area contributed by atoms with Crippen LogP contribution in [0.1, 0.15) is 38.5 Å². The molecule has 112 valence electrons. The van der Waals surface area contributed by atoms with Crippen molar-refractivity contribution in [2.24, 2.45) is 11.7 Å². The lowest BCUT2D eigenvalue weighted by Gasteiger charge is -2.49. The maximum Gasteiger partial charge on any atom is 0.404 e. The van der Waals surface area contributed by atoms with Crippen molar-refractivity contribution in [3.05, 3.63) is 0 Å². The summed E-state index contributed by atoms with van der Waals surface area (Å²) in [6.07, 6.45) is -0.279. The van der Waals surface area contributed by atoms with Gasteiger partial charge in [-0.1, -0.05) is 12.8 Å². The molecule has 1 saturated heterocycles. The Morgan fingerprint density at radius 2 is 2.05 bits per heavy atom. The van der Waals surface area contributed by atoms with Crippen molar-refractivity contribution >= 4 is 0 Å². The van der Waals surface area contributed by atoms with Gasteiger partial charge >= 0.3 is 6.18 Å². The van der Waals surface area contributed by atoms with E-state index in [0.29, 0.717) is 19.5 Å². The van der Waals surface area contributed by atoms with E-state index in [4.69, 9.17) is 5.73 Å². The molecule has 3 atom stereocenters. The van der Waals surface area contributed by atoms with E-state index >= 15 is 0 Å². The Morgan fingerprint density at radius 3 is 2.68 bits per heavy atom. The quantitative estimate of drug-likeness (QED) is 0.830. The molecule has 0 radical (unpaired) electrons. The molecular weight excluding hydrogens is 257 g/mol. The normalized spacial score (nSPS) is 34.9. The van der Waals surface area contributed by atoms with Crippen LogP contribution in [-0.2, 0) is 0 Å². The predicted molar refractivity (Wildman–Crippen MR) is 66.6 cm³/mol. The number of rotatable bonds is 3. The molecule has 0 aromatic carbocycles. The van der Waals surface area contributed by atoms with E-state index in [-0.39, 0.29) is 18.9 Å². The molecule has 1 saturated carbocycles. The summed E-state index contributed by atoms with van der Waals surface area (Å²) < 4.78 is 39.2. The van der Waals surface area contributed by atoms with Gasteiger partial charge in [-0.25, -0.2) is 0 Å². The molecule has 2 rings (SSSR count). The molecule has 3 N–H and O–H groups in total. The summed E-state index contributed by atoms with van der Waals surface area (Å²) in [6.45, 7) is 0.702.